The molecule has 2 aromatic carbocycles. The number of carbonyl (C=O) groups excluding carboxylic acids is 2. The van der Waals surface area contributed by atoms with E-state index in [1.165, 1.54) is 17.0 Å². The van der Waals surface area contributed by atoms with Gasteiger partial charge in [-0.2, -0.15) is 0 Å². The lowest BCUT2D eigenvalue weighted by atomic mass is 9.95. The number of aliphatic hydroxyl groups excluding tert-OH is 1. The summed E-state index contributed by atoms with van der Waals surface area (Å²) in [5.74, 6) is -1.51. The fourth-order valence-corrected chi connectivity index (χ4v) is 4.11. The zero-order chi connectivity index (χ0) is 20.5. The largest absolute Gasteiger partial charge is 0.508 e. The molecule has 0 spiro atoms. The number of phenolic OH excluding ortho intramolecular Hbond substituents is 1. The van der Waals surface area contributed by atoms with Gasteiger partial charge in [-0.3, -0.25) is 9.59 Å². The van der Waals surface area contributed by atoms with Crippen LogP contribution in [0.25, 0.3) is 5.76 Å². The highest BCUT2D eigenvalue weighted by molar-refractivity contribution is 9.10. The summed E-state index contributed by atoms with van der Waals surface area (Å²) in [6, 6.07) is 12.4. The van der Waals surface area contributed by atoms with Crippen molar-refractivity contribution in [1.29, 1.82) is 0 Å². The summed E-state index contributed by atoms with van der Waals surface area (Å²) in [5, 5.41) is 20.6. The zero-order valence-corrected chi connectivity index (χ0v) is 17.1. The van der Waals surface area contributed by atoms with E-state index in [4.69, 9.17) is 4.74 Å². The van der Waals surface area contributed by atoms with Crippen molar-refractivity contribution >= 4 is 33.4 Å². The smallest absolute Gasteiger partial charge is 0.295 e. The van der Waals surface area contributed by atoms with Crippen molar-refractivity contribution in [2.45, 2.75) is 25.0 Å². The first-order valence-corrected chi connectivity index (χ1v) is 10.2. The average Bonchev–Trinajstić information content (AvgIpc) is 3.31. The van der Waals surface area contributed by atoms with Gasteiger partial charge in [0.25, 0.3) is 11.7 Å². The second kappa shape index (κ2) is 8.00. The van der Waals surface area contributed by atoms with E-state index in [9.17, 15) is 19.8 Å². The van der Waals surface area contributed by atoms with E-state index in [1.807, 2.05) is 0 Å². The van der Waals surface area contributed by atoms with Gasteiger partial charge in [0.05, 0.1) is 17.7 Å². The lowest BCUT2D eigenvalue weighted by molar-refractivity contribution is -0.140. The lowest BCUT2D eigenvalue weighted by Crippen LogP contribution is -2.36. The van der Waals surface area contributed by atoms with Gasteiger partial charge >= 0.3 is 0 Å². The fourth-order valence-electron chi connectivity index (χ4n) is 3.84. The van der Waals surface area contributed by atoms with Gasteiger partial charge in [0.15, 0.2) is 0 Å². The van der Waals surface area contributed by atoms with E-state index in [0.717, 1.165) is 17.3 Å². The molecular formula is C22H20BrNO5. The Kier molecular flexibility index (Phi) is 5.43. The summed E-state index contributed by atoms with van der Waals surface area (Å²) in [7, 11) is 0. The first-order chi connectivity index (χ1) is 14.0. The molecule has 2 heterocycles. The maximum Gasteiger partial charge on any atom is 0.295 e. The fraction of sp³-hybridized carbons (Fsp3) is 0.273. The topological polar surface area (TPSA) is 87.1 Å². The molecule has 2 saturated heterocycles. The number of likely N-dealkylation sites (tertiary alicyclic amines) is 1. The maximum atomic E-state index is 12.9. The third-order valence-electron chi connectivity index (χ3n) is 5.29. The van der Waals surface area contributed by atoms with Crippen LogP contribution in [0.3, 0.4) is 0 Å². The molecule has 150 valence electrons. The van der Waals surface area contributed by atoms with Crippen molar-refractivity contribution in [3.8, 4) is 5.75 Å². The zero-order valence-electron chi connectivity index (χ0n) is 15.5. The van der Waals surface area contributed by atoms with Crippen molar-refractivity contribution in [2.75, 3.05) is 13.2 Å². The minimum Gasteiger partial charge on any atom is -0.508 e. The van der Waals surface area contributed by atoms with Crippen LogP contribution in [0.15, 0.2) is 58.6 Å². The van der Waals surface area contributed by atoms with E-state index < -0.39 is 17.7 Å². The average molecular weight is 458 g/mol. The van der Waals surface area contributed by atoms with E-state index in [-0.39, 0.29) is 29.7 Å². The SMILES string of the molecule is O=C1C(=O)N(CC2CCCO2)C(c2ccc(O)cc2)C1=C(O)c1ccc(Br)cc1. The van der Waals surface area contributed by atoms with Crippen molar-refractivity contribution < 1.29 is 24.5 Å². The van der Waals surface area contributed by atoms with E-state index in [2.05, 4.69) is 15.9 Å². The molecule has 4 rings (SSSR count). The predicted molar refractivity (Wildman–Crippen MR) is 110 cm³/mol. The standard InChI is InChI=1S/C22H20BrNO5/c23-15-7-3-14(4-8-15)20(26)18-19(13-5-9-16(25)10-6-13)24(22(28)21(18)27)12-17-2-1-11-29-17/h3-10,17,19,25-26H,1-2,11-12H2. The van der Waals surface area contributed by atoms with Gasteiger partial charge < -0.3 is 19.8 Å². The van der Waals surface area contributed by atoms with Crippen LogP contribution in [0.4, 0.5) is 0 Å². The lowest BCUT2D eigenvalue weighted by Gasteiger charge is -2.27. The van der Waals surface area contributed by atoms with Gasteiger partial charge in [-0.15, -0.1) is 0 Å². The molecule has 2 N–H and O–H groups in total. The molecule has 6 nitrogen and oxygen atoms in total. The summed E-state index contributed by atoms with van der Waals surface area (Å²) in [6.07, 6.45) is 1.59. The highest BCUT2D eigenvalue weighted by Gasteiger charge is 2.47. The molecule has 2 fully saturated rings. The van der Waals surface area contributed by atoms with E-state index in [0.29, 0.717) is 17.7 Å². The second-order valence-corrected chi connectivity index (χ2v) is 8.10. The second-order valence-electron chi connectivity index (χ2n) is 7.18. The number of hydrogen-bond donors (Lipinski definition) is 2. The third-order valence-corrected chi connectivity index (χ3v) is 5.82. The molecule has 7 heteroatoms. The Morgan fingerprint density at radius 3 is 2.41 bits per heavy atom. The van der Waals surface area contributed by atoms with Gasteiger partial charge in [0.2, 0.25) is 0 Å². The summed E-state index contributed by atoms with van der Waals surface area (Å²) < 4.78 is 6.50. The number of rotatable bonds is 4. The van der Waals surface area contributed by atoms with Crippen LogP contribution in [-0.4, -0.2) is 46.1 Å². The Morgan fingerprint density at radius 2 is 1.79 bits per heavy atom. The van der Waals surface area contributed by atoms with E-state index >= 15 is 0 Å². The molecule has 2 unspecified atom stereocenters. The number of Topliss-reactive ketones (excluding diaryl/α,β-unsaturated/α-hetero) is 1. The van der Waals surface area contributed by atoms with Crippen molar-refractivity contribution in [2.24, 2.45) is 0 Å². The Labute approximate surface area is 176 Å². The first-order valence-electron chi connectivity index (χ1n) is 9.40. The van der Waals surface area contributed by atoms with Crippen LogP contribution in [0.2, 0.25) is 0 Å². The molecule has 2 aliphatic heterocycles. The molecule has 2 atom stereocenters. The summed E-state index contributed by atoms with van der Waals surface area (Å²) in [6.45, 7) is 0.907. The number of aromatic hydroxyl groups is 1. The van der Waals surface area contributed by atoms with Crippen LogP contribution in [0.5, 0.6) is 5.75 Å². The molecule has 0 bridgehead atoms. The molecule has 2 aliphatic rings. The number of ether oxygens (including phenoxy) is 1. The minimum atomic E-state index is -0.747. The number of hydrogen-bond acceptors (Lipinski definition) is 5. The number of benzene rings is 2. The minimum absolute atomic E-state index is 0.0426. The van der Waals surface area contributed by atoms with Gasteiger partial charge in [0.1, 0.15) is 11.5 Å². The number of aliphatic hydroxyl groups is 1. The monoisotopic (exact) mass is 457 g/mol. The molecule has 0 aromatic heterocycles. The summed E-state index contributed by atoms with van der Waals surface area (Å²) in [5.41, 5.74) is 1.13. The Bertz CT molecular complexity index is 962. The molecular weight excluding hydrogens is 438 g/mol. The van der Waals surface area contributed by atoms with Crippen LogP contribution in [-0.2, 0) is 14.3 Å². The molecule has 0 radical (unpaired) electrons. The molecule has 0 aliphatic carbocycles. The Hall–Kier alpha value is -2.64. The first kappa shape index (κ1) is 19.7. The van der Waals surface area contributed by atoms with Gasteiger partial charge in [-0.05, 0) is 42.7 Å². The number of halogens is 1. The molecule has 0 saturated carbocycles. The van der Waals surface area contributed by atoms with Crippen molar-refractivity contribution in [1.82, 2.24) is 4.90 Å². The molecule has 2 aromatic rings. The van der Waals surface area contributed by atoms with Crippen molar-refractivity contribution in [3.05, 3.63) is 69.7 Å². The van der Waals surface area contributed by atoms with Gasteiger partial charge in [-0.1, -0.05) is 40.2 Å². The van der Waals surface area contributed by atoms with E-state index in [1.54, 1.807) is 36.4 Å². The number of phenols is 1. The summed E-state index contributed by atoms with van der Waals surface area (Å²) in [4.78, 5) is 27.2. The normalized spacial score (nSPS) is 23.7. The highest BCUT2D eigenvalue weighted by Crippen LogP contribution is 2.40. The number of ketones is 1. The number of nitrogens with zero attached hydrogens (tertiary/aromatic N) is 1. The van der Waals surface area contributed by atoms with Crippen LogP contribution in [0, 0.1) is 0 Å². The molecule has 29 heavy (non-hydrogen) atoms. The number of carbonyl (C=O) groups is 2. The van der Waals surface area contributed by atoms with Gasteiger partial charge in [-0.25, -0.2) is 0 Å². The highest BCUT2D eigenvalue weighted by atomic mass is 79.9. The van der Waals surface area contributed by atoms with Crippen LogP contribution >= 0.6 is 15.9 Å². The Morgan fingerprint density at radius 1 is 1.10 bits per heavy atom. The third kappa shape index (κ3) is 3.80. The van der Waals surface area contributed by atoms with Crippen molar-refractivity contribution in [3.63, 3.8) is 0 Å². The Balaban J connectivity index is 1.81. The number of amides is 1. The summed E-state index contributed by atoms with van der Waals surface area (Å²) >= 11 is 3.35. The maximum absolute atomic E-state index is 12.9. The van der Waals surface area contributed by atoms with Gasteiger partial charge in [0, 0.05) is 23.2 Å². The van der Waals surface area contributed by atoms with Crippen LogP contribution in [0.1, 0.15) is 30.0 Å². The quantitative estimate of drug-likeness (QED) is 0.414. The molecule has 1 amide bonds. The predicted octanol–water partition coefficient (Wildman–Crippen LogP) is 3.76. The van der Waals surface area contributed by atoms with Crippen LogP contribution < -0.4 is 0 Å².